The topological polar surface area (TPSA) is 9.23 Å². The molecule has 0 radical (unpaired) electrons. The van der Waals surface area contributed by atoms with Crippen LogP contribution in [-0.4, -0.2) is 32.5 Å². The van der Waals surface area contributed by atoms with E-state index < -0.39 is 5.67 Å². The molecule has 3 aliphatic rings. The molecule has 13 heavy (non-hydrogen) atoms. The molecule has 0 N–H and O–H groups in total. The maximum absolute atomic E-state index is 14.1. The lowest BCUT2D eigenvalue weighted by atomic mass is 9.89. The average molecular weight is 406 g/mol. The van der Waals surface area contributed by atoms with Crippen LogP contribution in [0.5, 0.6) is 0 Å². The minimum absolute atomic E-state index is 0.0887. The fourth-order valence-corrected chi connectivity index (χ4v) is 7.07. The van der Waals surface area contributed by atoms with E-state index in [0.717, 1.165) is 6.42 Å². The summed E-state index contributed by atoms with van der Waals surface area (Å²) in [6.45, 7) is 0. The Hall–Kier alpha value is 1.41. The van der Waals surface area contributed by atoms with Crippen LogP contribution in [0.25, 0.3) is 0 Å². The Kier molecular flexibility index (Phi) is 1.77. The number of fused-ring (bicyclic) bond motifs is 3. The third-order valence-electron chi connectivity index (χ3n) is 3.61. The van der Waals surface area contributed by atoms with Gasteiger partial charge in [-0.05, 0) is 6.42 Å². The summed E-state index contributed by atoms with van der Waals surface area (Å²) in [6, 6.07) is 0.318. The highest BCUT2D eigenvalue weighted by atomic mass is 127. The van der Waals surface area contributed by atoms with Gasteiger partial charge >= 0.3 is 0 Å². The molecule has 0 amide bonds. The van der Waals surface area contributed by atoms with Crippen LogP contribution in [0, 0.1) is 0 Å². The van der Waals surface area contributed by atoms with Crippen LogP contribution < -0.4 is 0 Å². The van der Waals surface area contributed by atoms with Crippen molar-refractivity contribution in [1.29, 1.82) is 0 Å². The summed E-state index contributed by atoms with van der Waals surface area (Å²) in [5.74, 6) is 0. The predicted octanol–water partition coefficient (Wildman–Crippen LogP) is 1.60. The van der Waals surface area contributed by atoms with E-state index in [1.54, 1.807) is 0 Å². The van der Waals surface area contributed by atoms with Crippen LogP contribution in [-0.2, 0) is 4.74 Å². The van der Waals surface area contributed by atoms with Crippen LogP contribution in [0.3, 0.4) is 0 Å². The lowest BCUT2D eigenvalue weighted by Crippen LogP contribution is -2.34. The van der Waals surface area contributed by atoms with Crippen LogP contribution >= 0.6 is 45.2 Å². The first kappa shape index (κ1) is 9.63. The number of rotatable bonds is 0. The third kappa shape index (κ3) is 1.02. The lowest BCUT2D eigenvalue weighted by molar-refractivity contribution is 0.0823. The lowest BCUT2D eigenvalue weighted by Gasteiger charge is -2.24. The molecule has 3 rings (SSSR count). The second-order valence-corrected chi connectivity index (χ2v) is 8.82. The van der Waals surface area contributed by atoms with Crippen molar-refractivity contribution in [1.82, 2.24) is 0 Å². The van der Waals surface area contributed by atoms with Crippen molar-refractivity contribution in [2.24, 2.45) is 0 Å². The molecule has 5 atom stereocenters. The monoisotopic (exact) mass is 406 g/mol. The summed E-state index contributed by atoms with van der Waals surface area (Å²) in [5, 5.41) is 0. The van der Waals surface area contributed by atoms with Crippen LogP contribution in [0.15, 0.2) is 0 Å². The fraction of sp³-hybridized carbons (Fsp3) is 1.00. The zero-order chi connectivity index (χ0) is 9.48. The van der Waals surface area contributed by atoms with Gasteiger partial charge in [0.1, 0.15) is 13.5 Å². The smallest absolute Gasteiger partial charge is 0.139 e. The van der Waals surface area contributed by atoms with Gasteiger partial charge in [0.15, 0.2) is 0 Å². The van der Waals surface area contributed by atoms with Crippen molar-refractivity contribution in [3.8, 4) is 0 Å². The molecule has 72 valence electrons. The van der Waals surface area contributed by atoms with E-state index in [4.69, 9.17) is 4.74 Å². The maximum atomic E-state index is 14.1. The second kappa shape index (κ2) is 2.39. The van der Waals surface area contributed by atoms with Gasteiger partial charge in [0, 0.05) is 18.8 Å². The minimum Gasteiger partial charge on any atom is -0.381 e. The summed E-state index contributed by atoms with van der Waals surface area (Å²) in [7, 11) is 2.10. The van der Waals surface area contributed by atoms with Crippen LogP contribution in [0.2, 0.25) is 0 Å². The van der Waals surface area contributed by atoms with Gasteiger partial charge in [-0.15, -0.1) is 0 Å². The number of hydrogen-bond acceptors (Lipinski definition) is 1. The molecule has 1 saturated heterocycles. The van der Waals surface area contributed by atoms with Gasteiger partial charge in [-0.1, -0.05) is 45.2 Å². The Morgan fingerprint density at radius 3 is 2.69 bits per heavy atom. The van der Waals surface area contributed by atoms with E-state index in [0.29, 0.717) is 18.8 Å². The Bertz CT molecular complexity index is 291. The van der Waals surface area contributed by atoms with Crippen molar-refractivity contribution in [3.63, 3.8) is 0 Å². The van der Waals surface area contributed by atoms with Crippen molar-refractivity contribution in [2.75, 3.05) is 0 Å². The normalized spacial score (nSPS) is 69.2. The molecule has 1 aliphatic heterocycles. The third-order valence-corrected chi connectivity index (χ3v) is 6.91. The van der Waals surface area contributed by atoms with Crippen LogP contribution in [0.1, 0.15) is 19.3 Å². The van der Waals surface area contributed by atoms with E-state index in [1.165, 1.54) is 0 Å². The standard InChI is InChI=1S/C8H10BFI2O/c9-4-1-6(11)2-7(10)3-8(7,12)5(6)13-4/h4-5H,1-3,9H2/t4-,5+,6-,7+,8+/m1/s1. The average Bonchev–Trinajstić information content (AvgIpc) is 2.27. The van der Waals surface area contributed by atoms with Crippen molar-refractivity contribution >= 4 is 53.0 Å². The van der Waals surface area contributed by atoms with Gasteiger partial charge in [0.05, 0.1) is 12.9 Å². The Morgan fingerprint density at radius 2 is 2.08 bits per heavy atom. The molecule has 2 aliphatic carbocycles. The Labute approximate surface area is 105 Å². The molecule has 0 unspecified atom stereocenters. The van der Waals surface area contributed by atoms with Gasteiger partial charge in [-0.2, -0.15) is 0 Å². The first-order chi connectivity index (χ1) is 5.90. The molecular weight excluding hydrogens is 396 g/mol. The molecule has 2 saturated carbocycles. The van der Waals surface area contributed by atoms with E-state index in [9.17, 15) is 4.39 Å². The van der Waals surface area contributed by atoms with Gasteiger partial charge in [0.2, 0.25) is 0 Å². The quantitative estimate of drug-likeness (QED) is 0.338. The van der Waals surface area contributed by atoms with Crippen molar-refractivity contribution < 1.29 is 9.13 Å². The van der Waals surface area contributed by atoms with E-state index in [1.807, 2.05) is 0 Å². The number of ether oxygens (including phenoxy) is 1. The molecule has 0 spiro atoms. The molecular formula is C8H10BFI2O. The van der Waals surface area contributed by atoms with Gasteiger partial charge in [-0.25, -0.2) is 4.39 Å². The first-order valence-electron chi connectivity index (χ1n) is 4.62. The van der Waals surface area contributed by atoms with Crippen LogP contribution in [0.4, 0.5) is 4.39 Å². The second-order valence-electron chi connectivity index (χ2n) is 4.75. The summed E-state index contributed by atoms with van der Waals surface area (Å²) in [6.07, 6.45) is 2.59. The molecule has 1 nitrogen and oxygen atoms in total. The summed E-state index contributed by atoms with van der Waals surface area (Å²) >= 11 is 4.72. The molecule has 0 aromatic heterocycles. The van der Waals surface area contributed by atoms with E-state index >= 15 is 0 Å². The summed E-state index contributed by atoms with van der Waals surface area (Å²) in [4.78, 5) is 0. The number of alkyl halides is 3. The van der Waals surface area contributed by atoms with E-state index in [-0.39, 0.29) is 12.9 Å². The predicted molar refractivity (Wildman–Crippen MR) is 68.4 cm³/mol. The fourth-order valence-electron chi connectivity index (χ4n) is 3.04. The highest BCUT2D eigenvalue weighted by Crippen LogP contribution is 2.75. The maximum Gasteiger partial charge on any atom is 0.139 e. The molecule has 3 fully saturated rings. The van der Waals surface area contributed by atoms with Crippen molar-refractivity contribution in [3.05, 3.63) is 0 Å². The number of halogens is 3. The molecule has 0 aromatic rings. The Balaban J connectivity index is 1.99. The largest absolute Gasteiger partial charge is 0.381 e. The Morgan fingerprint density at radius 1 is 1.38 bits per heavy atom. The highest BCUT2D eigenvalue weighted by Gasteiger charge is 2.83. The highest BCUT2D eigenvalue weighted by molar-refractivity contribution is 14.1. The van der Waals surface area contributed by atoms with E-state index in [2.05, 4.69) is 53.0 Å². The van der Waals surface area contributed by atoms with Gasteiger partial charge in [-0.3, -0.25) is 0 Å². The zero-order valence-corrected chi connectivity index (χ0v) is 11.6. The molecule has 0 aromatic carbocycles. The zero-order valence-electron chi connectivity index (χ0n) is 7.32. The summed E-state index contributed by atoms with van der Waals surface area (Å²) < 4.78 is 19.8. The minimum atomic E-state index is -0.903. The summed E-state index contributed by atoms with van der Waals surface area (Å²) in [5.41, 5.74) is -0.903. The molecule has 0 bridgehead atoms. The van der Waals surface area contributed by atoms with Gasteiger partial charge in [0.25, 0.3) is 0 Å². The molecule has 5 heteroatoms. The molecule has 1 heterocycles. The van der Waals surface area contributed by atoms with Crippen molar-refractivity contribution in [2.45, 2.75) is 43.9 Å². The van der Waals surface area contributed by atoms with Gasteiger partial charge < -0.3 is 4.74 Å². The SMILES string of the molecule is B[C@H]1C[C@@]2(I)C[C@]3(F)C[C@]3(I)[C@H]2O1. The number of hydrogen-bond donors (Lipinski definition) is 0. The first-order valence-corrected chi connectivity index (χ1v) is 6.78.